The van der Waals surface area contributed by atoms with Crippen molar-refractivity contribution >= 4 is 17.6 Å². The standard InChI is InChI=1S/C19H26FN3O2/c1-6-23(12(4)5)18(24)15-16(11(2)3)21-19(25)22-17(15)13-7-9-14(20)10-8-13/h7-12,15,17H,6H2,1-5H3,(H,22,25). The largest absolute Gasteiger partial charge is 0.341 e. The normalized spacial score (nSPS) is 20.5. The predicted octanol–water partition coefficient (Wildman–Crippen LogP) is 3.56. The van der Waals surface area contributed by atoms with Gasteiger partial charge in [0.05, 0.1) is 6.04 Å². The molecule has 1 aliphatic heterocycles. The van der Waals surface area contributed by atoms with E-state index in [2.05, 4.69) is 10.3 Å². The van der Waals surface area contributed by atoms with Gasteiger partial charge in [-0.05, 0) is 44.4 Å². The molecule has 0 aromatic heterocycles. The first kappa shape index (κ1) is 19.1. The minimum atomic E-state index is -0.592. The Kier molecular flexibility index (Phi) is 5.93. The fourth-order valence-electron chi connectivity index (χ4n) is 3.26. The lowest BCUT2D eigenvalue weighted by Crippen LogP contribution is -2.52. The van der Waals surface area contributed by atoms with Crippen molar-refractivity contribution in [2.75, 3.05) is 6.54 Å². The Morgan fingerprint density at radius 1 is 1.24 bits per heavy atom. The monoisotopic (exact) mass is 347 g/mol. The second-order valence-electron chi connectivity index (χ2n) is 6.87. The fourth-order valence-corrected chi connectivity index (χ4v) is 3.26. The highest BCUT2D eigenvalue weighted by molar-refractivity contribution is 6.11. The second-order valence-corrected chi connectivity index (χ2v) is 6.87. The summed E-state index contributed by atoms with van der Waals surface area (Å²) in [6, 6.07) is 4.91. The van der Waals surface area contributed by atoms with Crippen LogP contribution >= 0.6 is 0 Å². The summed E-state index contributed by atoms with van der Waals surface area (Å²) < 4.78 is 13.3. The molecule has 2 unspecified atom stereocenters. The van der Waals surface area contributed by atoms with Crippen LogP contribution in [0.3, 0.4) is 0 Å². The molecule has 2 atom stereocenters. The number of nitrogens with zero attached hydrogens (tertiary/aromatic N) is 2. The zero-order valence-corrected chi connectivity index (χ0v) is 15.4. The summed E-state index contributed by atoms with van der Waals surface area (Å²) in [4.78, 5) is 31.2. The van der Waals surface area contributed by atoms with Crippen LogP contribution in [0.5, 0.6) is 0 Å². The Morgan fingerprint density at radius 3 is 2.32 bits per heavy atom. The van der Waals surface area contributed by atoms with Crippen LogP contribution in [0.15, 0.2) is 29.3 Å². The van der Waals surface area contributed by atoms with E-state index >= 15 is 0 Å². The van der Waals surface area contributed by atoms with Gasteiger partial charge in [-0.2, -0.15) is 0 Å². The Bertz CT molecular complexity index is 668. The predicted molar refractivity (Wildman–Crippen MR) is 96.0 cm³/mol. The van der Waals surface area contributed by atoms with Crippen LogP contribution < -0.4 is 5.32 Å². The van der Waals surface area contributed by atoms with Crippen molar-refractivity contribution in [1.29, 1.82) is 0 Å². The third-order valence-electron chi connectivity index (χ3n) is 4.50. The van der Waals surface area contributed by atoms with Crippen molar-refractivity contribution < 1.29 is 14.0 Å². The number of urea groups is 1. The fraction of sp³-hybridized carbons (Fsp3) is 0.526. The Hall–Kier alpha value is -2.24. The van der Waals surface area contributed by atoms with Crippen molar-refractivity contribution in [2.45, 2.75) is 46.7 Å². The van der Waals surface area contributed by atoms with Crippen LogP contribution in [0.2, 0.25) is 0 Å². The molecule has 3 amide bonds. The molecule has 1 aromatic carbocycles. The molecule has 2 rings (SSSR count). The number of amides is 3. The minimum absolute atomic E-state index is 0.0393. The highest BCUT2D eigenvalue weighted by atomic mass is 19.1. The van der Waals surface area contributed by atoms with E-state index in [4.69, 9.17) is 0 Å². The third kappa shape index (κ3) is 4.06. The highest BCUT2D eigenvalue weighted by Gasteiger charge is 2.41. The molecule has 0 spiro atoms. The summed E-state index contributed by atoms with van der Waals surface area (Å²) >= 11 is 0. The van der Waals surface area contributed by atoms with Gasteiger partial charge >= 0.3 is 6.03 Å². The number of carbonyl (C=O) groups excluding carboxylic acids is 2. The van der Waals surface area contributed by atoms with E-state index in [1.807, 2.05) is 34.6 Å². The van der Waals surface area contributed by atoms with Crippen LogP contribution in [-0.2, 0) is 4.79 Å². The van der Waals surface area contributed by atoms with E-state index < -0.39 is 18.0 Å². The summed E-state index contributed by atoms with van der Waals surface area (Å²) in [5, 5.41) is 2.79. The maximum Gasteiger partial charge on any atom is 0.341 e. The number of halogens is 1. The lowest BCUT2D eigenvalue weighted by molar-refractivity contribution is -0.135. The van der Waals surface area contributed by atoms with Gasteiger partial charge in [-0.15, -0.1) is 0 Å². The summed E-state index contributed by atoms with van der Waals surface area (Å²) in [5.74, 6) is -1.07. The smallest absolute Gasteiger partial charge is 0.340 e. The topological polar surface area (TPSA) is 61.8 Å². The van der Waals surface area contributed by atoms with Crippen molar-refractivity contribution in [3.05, 3.63) is 35.6 Å². The van der Waals surface area contributed by atoms with Crippen LogP contribution in [0.25, 0.3) is 0 Å². The van der Waals surface area contributed by atoms with Gasteiger partial charge in [0.25, 0.3) is 0 Å². The molecular formula is C19H26FN3O2. The summed E-state index contributed by atoms with van der Waals surface area (Å²) in [5.41, 5.74) is 1.27. The van der Waals surface area contributed by atoms with Gasteiger partial charge in [0.1, 0.15) is 11.7 Å². The molecule has 0 fully saturated rings. The number of carbonyl (C=O) groups is 2. The number of benzene rings is 1. The molecule has 0 bridgehead atoms. The Labute approximate surface area is 148 Å². The van der Waals surface area contributed by atoms with E-state index in [0.717, 1.165) is 0 Å². The van der Waals surface area contributed by atoms with Gasteiger partial charge < -0.3 is 10.2 Å². The van der Waals surface area contributed by atoms with Crippen LogP contribution in [0, 0.1) is 17.7 Å². The second kappa shape index (κ2) is 7.76. The molecule has 1 aromatic rings. The minimum Gasteiger partial charge on any atom is -0.340 e. The molecule has 6 heteroatoms. The van der Waals surface area contributed by atoms with Crippen molar-refractivity contribution in [1.82, 2.24) is 10.2 Å². The van der Waals surface area contributed by atoms with Gasteiger partial charge in [0.15, 0.2) is 0 Å². The quantitative estimate of drug-likeness (QED) is 0.885. The molecule has 0 aliphatic carbocycles. The van der Waals surface area contributed by atoms with Gasteiger partial charge in [-0.25, -0.2) is 14.2 Å². The van der Waals surface area contributed by atoms with Gasteiger partial charge in [0, 0.05) is 18.3 Å². The van der Waals surface area contributed by atoms with Crippen molar-refractivity contribution in [3.63, 3.8) is 0 Å². The highest BCUT2D eigenvalue weighted by Crippen LogP contribution is 2.31. The SMILES string of the molecule is CCN(C(=O)C1C(C(C)C)=NC(=O)NC1c1ccc(F)cc1)C(C)C. The zero-order valence-electron chi connectivity index (χ0n) is 15.4. The van der Waals surface area contributed by atoms with Gasteiger partial charge in [-0.1, -0.05) is 26.0 Å². The molecule has 1 heterocycles. The number of rotatable bonds is 5. The van der Waals surface area contributed by atoms with E-state index in [-0.39, 0.29) is 23.7 Å². The van der Waals surface area contributed by atoms with Crippen molar-refractivity contribution in [2.24, 2.45) is 16.8 Å². The van der Waals surface area contributed by atoms with Gasteiger partial charge in [0.2, 0.25) is 5.91 Å². The van der Waals surface area contributed by atoms with E-state index in [9.17, 15) is 14.0 Å². The first-order valence-corrected chi connectivity index (χ1v) is 8.71. The summed E-state index contributed by atoms with van der Waals surface area (Å²) in [7, 11) is 0. The Morgan fingerprint density at radius 2 is 1.84 bits per heavy atom. The van der Waals surface area contributed by atoms with Crippen molar-refractivity contribution in [3.8, 4) is 0 Å². The lowest BCUT2D eigenvalue weighted by atomic mass is 9.82. The number of aliphatic imine (C=N–C) groups is 1. The average molecular weight is 347 g/mol. The maximum atomic E-state index is 13.3. The molecule has 136 valence electrons. The maximum absolute atomic E-state index is 13.3. The van der Waals surface area contributed by atoms with Crippen LogP contribution in [0.1, 0.15) is 46.2 Å². The van der Waals surface area contributed by atoms with Gasteiger partial charge in [-0.3, -0.25) is 4.79 Å². The molecule has 0 saturated carbocycles. The summed E-state index contributed by atoms with van der Waals surface area (Å²) in [6.07, 6.45) is 0. The first-order valence-electron chi connectivity index (χ1n) is 8.71. The van der Waals surface area contributed by atoms with E-state index in [1.54, 1.807) is 17.0 Å². The lowest BCUT2D eigenvalue weighted by Gasteiger charge is -2.37. The van der Waals surface area contributed by atoms with Crippen LogP contribution in [-0.4, -0.2) is 35.1 Å². The number of hydrogen-bond donors (Lipinski definition) is 1. The number of hydrogen-bond acceptors (Lipinski definition) is 2. The zero-order chi connectivity index (χ0) is 18.7. The molecule has 0 radical (unpaired) electrons. The molecule has 1 N–H and O–H groups in total. The van der Waals surface area contributed by atoms with E-state index in [1.165, 1.54) is 12.1 Å². The molecule has 5 nitrogen and oxygen atoms in total. The number of nitrogens with one attached hydrogen (secondary N) is 1. The van der Waals surface area contributed by atoms with Crippen LogP contribution in [0.4, 0.5) is 9.18 Å². The Balaban J connectivity index is 2.52. The average Bonchev–Trinajstić information content (AvgIpc) is 2.54. The summed E-state index contributed by atoms with van der Waals surface area (Å²) in [6.45, 7) is 10.3. The molecule has 25 heavy (non-hydrogen) atoms. The third-order valence-corrected chi connectivity index (χ3v) is 4.50. The molecular weight excluding hydrogens is 321 g/mol. The van der Waals surface area contributed by atoms with E-state index in [0.29, 0.717) is 17.8 Å². The molecule has 1 aliphatic rings. The first-order chi connectivity index (χ1) is 11.8. The molecule has 0 saturated heterocycles.